The Balaban J connectivity index is 1.98. The topological polar surface area (TPSA) is 50.5 Å². The molecule has 1 aromatic carbocycles. The monoisotopic (exact) mass is 380 g/mol. The van der Waals surface area contributed by atoms with Crippen molar-refractivity contribution in [2.24, 2.45) is 4.99 Å². The molecule has 1 amide bonds. The zero-order valence-electron chi connectivity index (χ0n) is 16.4. The van der Waals surface area contributed by atoms with Crippen LogP contribution in [0.1, 0.15) is 28.0 Å². The van der Waals surface area contributed by atoms with E-state index in [2.05, 4.69) is 22.5 Å². The highest BCUT2D eigenvalue weighted by molar-refractivity contribution is 7.11. The molecular weight excluding hydrogens is 356 g/mol. The Bertz CT molecular complexity index is 1010. The number of nitrogens with zero attached hydrogens (tertiary/aromatic N) is 4. The number of benzene rings is 1. The largest absolute Gasteiger partial charge is 0.344 e. The van der Waals surface area contributed by atoms with Crippen LogP contribution in [0.5, 0.6) is 0 Å². The molecule has 0 saturated carbocycles. The molecule has 0 saturated heterocycles. The highest BCUT2D eigenvalue weighted by Gasteiger charge is 2.17. The number of carbonyl (C=O) groups is 1. The van der Waals surface area contributed by atoms with E-state index in [4.69, 9.17) is 4.99 Å². The van der Waals surface area contributed by atoms with E-state index in [9.17, 15) is 4.79 Å². The predicted octanol–water partition coefficient (Wildman–Crippen LogP) is 4.18. The van der Waals surface area contributed by atoms with Crippen molar-refractivity contribution in [3.8, 4) is 11.1 Å². The molecule has 5 nitrogen and oxygen atoms in total. The summed E-state index contributed by atoms with van der Waals surface area (Å²) in [5, 5.41) is 0. The Kier molecular flexibility index (Phi) is 5.56. The first-order chi connectivity index (χ1) is 12.9. The molecule has 0 radical (unpaired) electrons. The maximum absolute atomic E-state index is 12.4. The number of hydrogen-bond acceptors (Lipinski definition) is 4. The van der Waals surface area contributed by atoms with Gasteiger partial charge >= 0.3 is 0 Å². The van der Waals surface area contributed by atoms with Gasteiger partial charge in [0.05, 0.1) is 5.69 Å². The maximum atomic E-state index is 12.4. The minimum Gasteiger partial charge on any atom is -0.344 e. The van der Waals surface area contributed by atoms with E-state index in [1.54, 1.807) is 19.0 Å². The van der Waals surface area contributed by atoms with E-state index in [0.717, 1.165) is 44.4 Å². The van der Waals surface area contributed by atoms with E-state index < -0.39 is 0 Å². The molecular formula is C21H24N4OS. The molecule has 0 aliphatic carbocycles. The molecule has 0 bridgehead atoms. The number of amides is 1. The van der Waals surface area contributed by atoms with Crippen molar-refractivity contribution in [3.63, 3.8) is 0 Å². The summed E-state index contributed by atoms with van der Waals surface area (Å²) in [5.41, 5.74) is 5.02. The average molecular weight is 381 g/mol. The van der Waals surface area contributed by atoms with Crippen LogP contribution in [0, 0.1) is 13.8 Å². The van der Waals surface area contributed by atoms with Crippen molar-refractivity contribution in [3.05, 3.63) is 63.7 Å². The average Bonchev–Trinajstić information content (AvgIpc) is 2.97. The van der Waals surface area contributed by atoms with E-state index >= 15 is 0 Å². The first-order valence-electron chi connectivity index (χ1n) is 8.90. The van der Waals surface area contributed by atoms with E-state index in [1.165, 1.54) is 11.3 Å². The highest BCUT2D eigenvalue weighted by atomic mass is 32.1. The Labute approximate surface area is 163 Å². The number of rotatable bonds is 4. The van der Waals surface area contributed by atoms with Crippen LogP contribution < -0.4 is 4.80 Å². The van der Waals surface area contributed by atoms with Crippen molar-refractivity contribution in [2.45, 2.75) is 27.3 Å². The van der Waals surface area contributed by atoms with Gasteiger partial charge in [-0.05, 0) is 44.5 Å². The lowest BCUT2D eigenvalue weighted by Crippen LogP contribution is -2.21. The summed E-state index contributed by atoms with van der Waals surface area (Å²) < 4.78 is 2.08. The molecule has 0 aliphatic heterocycles. The fourth-order valence-electron chi connectivity index (χ4n) is 2.82. The zero-order valence-corrected chi connectivity index (χ0v) is 17.2. The third-order valence-corrected chi connectivity index (χ3v) is 5.58. The molecule has 0 spiro atoms. The second-order valence-electron chi connectivity index (χ2n) is 6.59. The van der Waals surface area contributed by atoms with Gasteiger partial charge in [0.1, 0.15) is 4.88 Å². The molecule has 0 atom stereocenters. The van der Waals surface area contributed by atoms with E-state index in [1.807, 2.05) is 50.4 Å². The Morgan fingerprint density at radius 1 is 1.11 bits per heavy atom. The molecule has 0 unspecified atom stereocenters. The second kappa shape index (κ2) is 7.88. The normalized spacial score (nSPS) is 11.7. The molecule has 0 aliphatic rings. The van der Waals surface area contributed by atoms with Gasteiger partial charge in [0.2, 0.25) is 0 Å². The van der Waals surface area contributed by atoms with Gasteiger partial charge in [0.25, 0.3) is 5.91 Å². The Morgan fingerprint density at radius 3 is 2.33 bits per heavy atom. The van der Waals surface area contributed by atoms with Crippen LogP contribution in [0.25, 0.3) is 11.1 Å². The molecule has 140 valence electrons. The minimum atomic E-state index is 0.0170. The van der Waals surface area contributed by atoms with Crippen molar-refractivity contribution < 1.29 is 4.79 Å². The fourth-order valence-corrected chi connectivity index (χ4v) is 4.06. The van der Waals surface area contributed by atoms with Gasteiger partial charge in [-0.25, -0.2) is 4.99 Å². The molecule has 2 aromatic heterocycles. The summed E-state index contributed by atoms with van der Waals surface area (Å²) in [4.78, 5) is 24.7. The molecule has 3 rings (SSSR count). The van der Waals surface area contributed by atoms with Crippen molar-refractivity contribution in [1.82, 2.24) is 14.5 Å². The molecule has 0 N–H and O–H groups in total. The summed E-state index contributed by atoms with van der Waals surface area (Å²) in [5.74, 6) is 0.0170. The fraction of sp³-hybridized carbons (Fsp3) is 0.286. The van der Waals surface area contributed by atoms with Crippen LogP contribution >= 0.6 is 11.3 Å². The summed E-state index contributed by atoms with van der Waals surface area (Å²) in [6.07, 6.45) is 1.88. The van der Waals surface area contributed by atoms with Gasteiger partial charge in [0.15, 0.2) is 4.80 Å². The second-order valence-corrected chi connectivity index (χ2v) is 7.57. The molecule has 27 heavy (non-hydrogen) atoms. The lowest BCUT2D eigenvalue weighted by molar-refractivity contribution is 0.0831. The first-order valence-corrected chi connectivity index (χ1v) is 9.72. The summed E-state index contributed by atoms with van der Waals surface area (Å²) in [6, 6.07) is 12.2. The first kappa shape index (κ1) is 19.0. The van der Waals surface area contributed by atoms with Crippen molar-refractivity contribution in [1.29, 1.82) is 0 Å². The van der Waals surface area contributed by atoms with E-state index in [0.29, 0.717) is 0 Å². The minimum absolute atomic E-state index is 0.0170. The highest BCUT2D eigenvalue weighted by Crippen LogP contribution is 2.22. The predicted molar refractivity (Wildman–Crippen MR) is 110 cm³/mol. The zero-order chi connectivity index (χ0) is 19.6. The summed E-state index contributed by atoms with van der Waals surface area (Å²) in [7, 11) is 3.54. The standard InChI is InChI=1S/C21H24N4OS/c1-6-25-15(3)19(20(26)24(4)5)27-21(25)23-18-11-9-16(10-12-18)17-8-7-14(2)22-13-17/h7-13H,6H2,1-5H3. The number of hydrogen-bond donors (Lipinski definition) is 0. The lowest BCUT2D eigenvalue weighted by Gasteiger charge is -2.09. The van der Waals surface area contributed by atoms with Crippen molar-refractivity contribution >= 4 is 22.9 Å². The van der Waals surface area contributed by atoms with Crippen LogP contribution in [-0.4, -0.2) is 34.5 Å². The summed E-state index contributed by atoms with van der Waals surface area (Å²) >= 11 is 1.44. The van der Waals surface area contributed by atoms with Crippen LogP contribution in [-0.2, 0) is 6.54 Å². The third kappa shape index (κ3) is 4.01. The maximum Gasteiger partial charge on any atom is 0.265 e. The number of aryl methyl sites for hydroxylation is 1. The van der Waals surface area contributed by atoms with Gasteiger partial charge < -0.3 is 9.47 Å². The van der Waals surface area contributed by atoms with Gasteiger partial charge in [-0.2, -0.15) is 0 Å². The smallest absolute Gasteiger partial charge is 0.265 e. The molecule has 6 heteroatoms. The van der Waals surface area contributed by atoms with Gasteiger partial charge in [-0.3, -0.25) is 9.78 Å². The number of pyridine rings is 1. The Morgan fingerprint density at radius 2 is 1.78 bits per heavy atom. The van der Waals surface area contributed by atoms with Crippen molar-refractivity contribution in [2.75, 3.05) is 14.1 Å². The quantitative estimate of drug-likeness (QED) is 0.682. The van der Waals surface area contributed by atoms with Crippen LogP contribution in [0.4, 0.5) is 5.69 Å². The van der Waals surface area contributed by atoms with Crippen LogP contribution in [0.15, 0.2) is 47.6 Å². The SMILES string of the molecule is CCn1c(C)c(C(=O)N(C)C)sc1=Nc1ccc(-c2ccc(C)nc2)cc1. The molecule has 3 aromatic rings. The van der Waals surface area contributed by atoms with Gasteiger partial charge in [-0.15, -0.1) is 0 Å². The number of aromatic nitrogens is 2. The van der Waals surface area contributed by atoms with E-state index in [-0.39, 0.29) is 5.91 Å². The van der Waals surface area contributed by atoms with Crippen LogP contribution in [0.3, 0.4) is 0 Å². The Hall–Kier alpha value is -2.73. The molecule has 2 heterocycles. The van der Waals surface area contributed by atoms with Gasteiger partial charge in [0, 0.05) is 43.8 Å². The third-order valence-electron chi connectivity index (χ3n) is 4.41. The lowest BCUT2D eigenvalue weighted by atomic mass is 10.1. The number of thiazole rings is 1. The van der Waals surface area contributed by atoms with Crippen LogP contribution in [0.2, 0.25) is 0 Å². The molecule has 0 fully saturated rings. The number of carbonyl (C=O) groups excluding carboxylic acids is 1. The summed E-state index contributed by atoms with van der Waals surface area (Å²) in [6.45, 7) is 6.79. The van der Waals surface area contributed by atoms with Gasteiger partial charge in [-0.1, -0.05) is 29.5 Å².